The molecule has 0 aliphatic carbocycles. The van der Waals surface area contributed by atoms with Crippen molar-refractivity contribution in [1.82, 2.24) is 9.97 Å². The number of anilines is 1. The van der Waals surface area contributed by atoms with Gasteiger partial charge < -0.3 is 10.5 Å². The van der Waals surface area contributed by atoms with Gasteiger partial charge in [-0.2, -0.15) is 0 Å². The molecule has 2 rings (SSSR count). The van der Waals surface area contributed by atoms with E-state index in [-0.39, 0.29) is 0 Å². The van der Waals surface area contributed by atoms with Gasteiger partial charge in [0, 0.05) is 12.4 Å². The largest absolute Gasteiger partial charge is 0.465 e. The number of nitrogens with two attached hydrogens (primary N) is 1. The number of thiazole rings is 1. The third-order valence-corrected chi connectivity index (χ3v) is 2.54. The molecule has 6 heteroatoms. The molecule has 0 bridgehead atoms. The molecular weight excluding hydrogens is 202 g/mol. The smallest absolute Gasteiger partial charge is 0.341 e. The van der Waals surface area contributed by atoms with Crippen LogP contribution in [-0.2, 0) is 4.74 Å². The summed E-state index contributed by atoms with van der Waals surface area (Å²) in [7, 11) is 1.32. The molecule has 0 saturated carbocycles. The first-order valence-corrected chi connectivity index (χ1v) is 4.62. The number of esters is 1. The molecule has 2 aromatic heterocycles. The molecule has 0 fully saturated rings. The Morgan fingerprint density at radius 1 is 1.57 bits per heavy atom. The number of ether oxygens (including phenoxy) is 1. The normalized spacial score (nSPS) is 10.4. The van der Waals surface area contributed by atoms with Crippen LogP contribution in [0, 0.1) is 0 Å². The Labute approximate surface area is 83.5 Å². The van der Waals surface area contributed by atoms with Crippen molar-refractivity contribution in [3.8, 4) is 0 Å². The van der Waals surface area contributed by atoms with Gasteiger partial charge in [0.1, 0.15) is 11.1 Å². The minimum absolute atomic E-state index is 0.345. The van der Waals surface area contributed by atoms with Crippen molar-refractivity contribution in [2.75, 3.05) is 12.8 Å². The molecule has 0 unspecified atom stereocenters. The zero-order valence-electron chi connectivity index (χ0n) is 7.35. The van der Waals surface area contributed by atoms with Gasteiger partial charge in [-0.25, -0.2) is 9.78 Å². The van der Waals surface area contributed by atoms with Crippen LogP contribution >= 0.6 is 11.3 Å². The molecule has 0 aliphatic heterocycles. The number of hydrogen-bond donors (Lipinski definition) is 1. The minimum Gasteiger partial charge on any atom is -0.465 e. The molecule has 2 heterocycles. The highest BCUT2D eigenvalue weighted by molar-refractivity contribution is 7.22. The number of carbonyl (C=O) groups excluding carboxylic acids is 1. The van der Waals surface area contributed by atoms with Crippen LogP contribution in [0.3, 0.4) is 0 Å². The van der Waals surface area contributed by atoms with Crippen LogP contribution in [0.5, 0.6) is 0 Å². The molecule has 0 saturated heterocycles. The molecule has 0 aromatic carbocycles. The lowest BCUT2D eigenvalue weighted by molar-refractivity contribution is 0.0602. The average molecular weight is 209 g/mol. The summed E-state index contributed by atoms with van der Waals surface area (Å²) in [4.78, 5) is 19.2. The number of hydrogen-bond acceptors (Lipinski definition) is 6. The topological polar surface area (TPSA) is 78.1 Å². The molecule has 72 valence electrons. The summed E-state index contributed by atoms with van der Waals surface area (Å²) in [6.45, 7) is 0. The molecule has 0 radical (unpaired) electrons. The van der Waals surface area contributed by atoms with Crippen LogP contribution in [0.4, 0.5) is 5.13 Å². The number of fused-ring (bicyclic) bond motifs is 1. The third kappa shape index (κ3) is 1.29. The van der Waals surface area contributed by atoms with E-state index < -0.39 is 5.97 Å². The molecular formula is C8H7N3O2S. The first-order chi connectivity index (χ1) is 6.72. The Bertz CT molecular complexity index is 494. The Morgan fingerprint density at radius 3 is 3.07 bits per heavy atom. The van der Waals surface area contributed by atoms with E-state index in [2.05, 4.69) is 14.7 Å². The monoisotopic (exact) mass is 209 g/mol. The van der Waals surface area contributed by atoms with Gasteiger partial charge in [-0.1, -0.05) is 11.3 Å². The highest BCUT2D eigenvalue weighted by Crippen LogP contribution is 2.25. The van der Waals surface area contributed by atoms with Gasteiger partial charge in [0.15, 0.2) is 5.13 Å². The highest BCUT2D eigenvalue weighted by Gasteiger charge is 2.13. The summed E-state index contributed by atoms with van der Waals surface area (Å²) in [6.07, 6.45) is 3.04. The van der Waals surface area contributed by atoms with E-state index in [0.717, 1.165) is 4.70 Å². The SMILES string of the molecule is COC(=O)c1cncc2sc(N)nc12. The van der Waals surface area contributed by atoms with Crippen molar-refractivity contribution >= 4 is 32.7 Å². The van der Waals surface area contributed by atoms with Crippen molar-refractivity contribution in [3.05, 3.63) is 18.0 Å². The number of rotatable bonds is 1. The van der Waals surface area contributed by atoms with Gasteiger partial charge in [0.25, 0.3) is 0 Å². The maximum absolute atomic E-state index is 11.3. The second-order valence-electron chi connectivity index (χ2n) is 2.58. The molecule has 0 amide bonds. The summed E-state index contributed by atoms with van der Waals surface area (Å²) in [6, 6.07) is 0. The number of carbonyl (C=O) groups is 1. The summed E-state index contributed by atoms with van der Waals surface area (Å²) < 4.78 is 5.38. The first kappa shape index (κ1) is 8.89. The summed E-state index contributed by atoms with van der Waals surface area (Å²) in [5.74, 6) is -0.451. The van der Waals surface area contributed by atoms with Crippen molar-refractivity contribution in [3.63, 3.8) is 0 Å². The Balaban J connectivity index is 2.70. The van der Waals surface area contributed by atoms with Crippen LogP contribution < -0.4 is 5.73 Å². The second kappa shape index (κ2) is 3.22. The van der Waals surface area contributed by atoms with E-state index in [9.17, 15) is 4.79 Å². The van der Waals surface area contributed by atoms with E-state index in [1.165, 1.54) is 24.6 Å². The van der Waals surface area contributed by atoms with E-state index in [1.54, 1.807) is 6.20 Å². The van der Waals surface area contributed by atoms with Crippen LogP contribution in [0.15, 0.2) is 12.4 Å². The van der Waals surface area contributed by atoms with Gasteiger partial charge in [-0.15, -0.1) is 0 Å². The fourth-order valence-corrected chi connectivity index (χ4v) is 1.86. The van der Waals surface area contributed by atoms with E-state index >= 15 is 0 Å². The molecule has 14 heavy (non-hydrogen) atoms. The summed E-state index contributed by atoms with van der Waals surface area (Å²) in [5.41, 5.74) is 6.42. The predicted octanol–water partition coefficient (Wildman–Crippen LogP) is 1.06. The fraction of sp³-hybridized carbons (Fsp3) is 0.125. The molecule has 0 atom stereocenters. The quantitative estimate of drug-likeness (QED) is 0.710. The van der Waals surface area contributed by atoms with Gasteiger partial charge in [-0.05, 0) is 0 Å². The van der Waals surface area contributed by atoms with E-state index in [1.807, 2.05) is 0 Å². The van der Waals surface area contributed by atoms with E-state index in [4.69, 9.17) is 5.73 Å². The van der Waals surface area contributed by atoms with Gasteiger partial charge in [0.2, 0.25) is 0 Å². The second-order valence-corrected chi connectivity index (χ2v) is 3.64. The Kier molecular flexibility index (Phi) is 2.05. The predicted molar refractivity (Wildman–Crippen MR) is 53.2 cm³/mol. The highest BCUT2D eigenvalue weighted by atomic mass is 32.1. The summed E-state index contributed by atoms with van der Waals surface area (Å²) in [5, 5.41) is 0.415. The molecule has 2 N–H and O–H groups in total. The van der Waals surface area contributed by atoms with Crippen molar-refractivity contribution in [2.24, 2.45) is 0 Å². The number of pyridine rings is 1. The van der Waals surface area contributed by atoms with Gasteiger partial charge in [0.05, 0.1) is 11.8 Å². The average Bonchev–Trinajstić information content (AvgIpc) is 2.56. The molecule has 5 nitrogen and oxygen atoms in total. The zero-order chi connectivity index (χ0) is 10.1. The lowest BCUT2D eigenvalue weighted by Crippen LogP contribution is -2.02. The number of aromatic nitrogens is 2. The van der Waals surface area contributed by atoms with Gasteiger partial charge in [-0.3, -0.25) is 4.98 Å². The van der Waals surface area contributed by atoms with Crippen molar-refractivity contribution in [2.45, 2.75) is 0 Å². The fourth-order valence-electron chi connectivity index (χ4n) is 1.13. The number of nitrogen functional groups attached to an aromatic ring is 1. The van der Waals surface area contributed by atoms with E-state index in [0.29, 0.717) is 16.2 Å². The van der Waals surface area contributed by atoms with Crippen LogP contribution in [0.25, 0.3) is 10.2 Å². The van der Waals surface area contributed by atoms with Crippen LogP contribution in [0.2, 0.25) is 0 Å². The maximum atomic E-state index is 11.3. The Morgan fingerprint density at radius 2 is 2.36 bits per heavy atom. The minimum atomic E-state index is -0.451. The van der Waals surface area contributed by atoms with Crippen molar-refractivity contribution in [1.29, 1.82) is 0 Å². The zero-order valence-corrected chi connectivity index (χ0v) is 8.17. The van der Waals surface area contributed by atoms with Gasteiger partial charge >= 0.3 is 5.97 Å². The standard InChI is InChI=1S/C8H7N3O2S/c1-13-7(12)4-2-10-3-5-6(4)11-8(9)14-5/h2-3H,1H3,(H2,9,11). The van der Waals surface area contributed by atoms with Crippen LogP contribution in [-0.4, -0.2) is 23.0 Å². The van der Waals surface area contributed by atoms with Crippen molar-refractivity contribution < 1.29 is 9.53 Å². The first-order valence-electron chi connectivity index (χ1n) is 3.80. The lowest BCUT2D eigenvalue weighted by Gasteiger charge is -1.97. The summed E-state index contributed by atoms with van der Waals surface area (Å²) >= 11 is 1.29. The molecule has 2 aromatic rings. The maximum Gasteiger partial charge on any atom is 0.341 e. The number of methoxy groups -OCH3 is 1. The van der Waals surface area contributed by atoms with Crippen LogP contribution in [0.1, 0.15) is 10.4 Å². The molecule has 0 aliphatic rings. The Hall–Kier alpha value is -1.69. The lowest BCUT2D eigenvalue weighted by atomic mass is 10.2. The molecule has 0 spiro atoms. The number of nitrogens with zero attached hydrogens (tertiary/aromatic N) is 2. The third-order valence-electron chi connectivity index (χ3n) is 1.73.